The van der Waals surface area contributed by atoms with Crippen molar-refractivity contribution in [2.24, 2.45) is 0 Å². The van der Waals surface area contributed by atoms with Gasteiger partial charge in [-0.25, -0.2) is 0 Å². The zero-order valence-corrected chi connectivity index (χ0v) is 20.1. The van der Waals surface area contributed by atoms with Gasteiger partial charge in [-0.2, -0.15) is 0 Å². The van der Waals surface area contributed by atoms with Crippen molar-refractivity contribution in [2.75, 3.05) is 0 Å². The van der Waals surface area contributed by atoms with Crippen LogP contribution >= 0.6 is 17.2 Å². The third-order valence-electron chi connectivity index (χ3n) is 6.24. The average molecular weight is 470 g/mol. The van der Waals surface area contributed by atoms with Crippen LogP contribution in [0.2, 0.25) is 0 Å². The summed E-state index contributed by atoms with van der Waals surface area (Å²) in [7, 11) is 0. The van der Waals surface area contributed by atoms with Crippen LogP contribution in [0.3, 0.4) is 0 Å². The van der Waals surface area contributed by atoms with Gasteiger partial charge in [0.25, 0.3) is 0 Å². The molecule has 2 nitrogen and oxygen atoms in total. The summed E-state index contributed by atoms with van der Waals surface area (Å²) >= 11 is 8.18. The summed E-state index contributed by atoms with van der Waals surface area (Å²) in [5.41, 5.74) is 1.85. The molecular weight excluding hydrogens is 445 g/mol. The molecule has 0 radical (unpaired) electrons. The molecule has 5 rings (SSSR count). The number of nitrogens with zero attached hydrogens (tertiary/aromatic N) is 1. The molecule has 164 valence electrons. The fraction of sp³-hybridized carbons (Fsp3) is 0.0690. The molecule has 5 aromatic rings. The van der Waals surface area contributed by atoms with Crippen molar-refractivity contribution < 1.29 is 4.42 Å². The first kappa shape index (κ1) is 21.6. The maximum absolute atomic E-state index is 8.18. The number of hydrogen-bond acceptors (Lipinski definition) is 2. The third kappa shape index (κ3) is 3.70. The van der Waals surface area contributed by atoms with Crippen molar-refractivity contribution in [1.82, 2.24) is 4.98 Å². The van der Waals surface area contributed by atoms with E-state index in [0.717, 1.165) is 32.9 Å². The van der Waals surface area contributed by atoms with Crippen LogP contribution in [0.5, 0.6) is 0 Å². The van der Waals surface area contributed by atoms with Crippen LogP contribution in [0.4, 0.5) is 0 Å². The number of oxazole rings is 1. The number of aryl methyl sites for hydroxylation is 1. The van der Waals surface area contributed by atoms with Crippen LogP contribution in [0.15, 0.2) is 126 Å². The van der Waals surface area contributed by atoms with E-state index in [-0.39, 0.29) is 0 Å². The van der Waals surface area contributed by atoms with Crippen LogP contribution in [0, 0.1) is 6.92 Å². The molecule has 0 unspecified atom stereocenters. The monoisotopic (exact) mass is 469 g/mol. The summed E-state index contributed by atoms with van der Waals surface area (Å²) in [6.07, 6.45) is 0.563. The Morgan fingerprint density at radius 1 is 0.636 bits per heavy atom. The molecule has 4 aromatic carbocycles. The van der Waals surface area contributed by atoms with Gasteiger partial charge in [0.15, 0.2) is 0 Å². The molecule has 0 fully saturated rings. The molecule has 33 heavy (non-hydrogen) atoms. The van der Waals surface area contributed by atoms with Gasteiger partial charge in [0.1, 0.15) is 0 Å². The first-order valence-electron chi connectivity index (χ1n) is 11.0. The quantitative estimate of drug-likeness (QED) is 0.255. The second-order valence-corrected chi connectivity index (χ2v) is 14.7. The molecule has 0 aliphatic heterocycles. The molecule has 0 atom stereocenters. The van der Waals surface area contributed by atoms with Crippen LogP contribution in [0.25, 0.3) is 11.5 Å². The fourth-order valence-corrected chi connectivity index (χ4v) is 10.5. The van der Waals surface area contributed by atoms with Gasteiger partial charge in [-0.15, -0.1) is 0 Å². The fourth-order valence-electron chi connectivity index (χ4n) is 4.50. The Bertz CT molecular complexity index is 1250. The van der Waals surface area contributed by atoms with E-state index in [1.54, 1.807) is 0 Å². The second kappa shape index (κ2) is 8.63. The van der Waals surface area contributed by atoms with Crippen molar-refractivity contribution in [2.45, 2.75) is 13.1 Å². The Labute approximate surface area is 199 Å². The number of hydrogen-bond donors (Lipinski definition) is 0. The Hall–Kier alpha value is -3.19. The van der Waals surface area contributed by atoms with Crippen molar-refractivity contribution in [3.05, 3.63) is 133 Å². The zero-order chi connectivity index (χ0) is 22.8. The molecule has 0 aliphatic rings. The zero-order valence-electron chi connectivity index (χ0n) is 18.4. The summed E-state index contributed by atoms with van der Waals surface area (Å²) in [5.74, 6) is -2.03. The van der Waals surface area contributed by atoms with Gasteiger partial charge in [0.05, 0.1) is 0 Å². The Balaban J connectivity index is 1.78. The van der Waals surface area contributed by atoms with Crippen molar-refractivity contribution in [3.63, 3.8) is 0 Å². The summed E-state index contributed by atoms with van der Waals surface area (Å²) < 4.78 is 6.15. The van der Waals surface area contributed by atoms with Gasteiger partial charge in [-0.3, -0.25) is 0 Å². The minimum absolute atomic E-state index is 0.563. The van der Waals surface area contributed by atoms with Gasteiger partial charge in [-0.05, 0) is 0 Å². The van der Waals surface area contributed by atoms with Gasteiger partial charge in [0.2, 0.25) is 0 Å². The van der Waals surface area contributed by atoms with E-state index in [0.29, 0.717) is 12.1 Å². The van der Waals surface area contributed by atoms with Crippen molar-refractivity contribution in [3.8, 4) is 11.5 Å². The van der Waals surface area contributed by atoms with Crippen LogP contribution in [-0.2, 0) is 6.16 Å². The molecule has 0 saturated carbocycles. The summed E-state index contributed by atoms with van der Waals surface area (Å²) in [6.45, 7) is 1.98. The number of aromatic nitrogens is 1. The summed E-state index contributed by atoms with van der Waals surface area (Å²) in [6, 6.07) is 41.4. The van der Waals surface area contributed by atoms with Crippen molar-refractivity contribution >= 4 is 33.1 Å². The van der Waals surface area contributed by atoms with Gasteiger partial charge < -0.3 is 0 Å². The van der Waals surface area contributed by atoms with E-state index in [1.165, 1.54) is 0 Å². The third-order valence-corrected chi connectivity index (χ3v) is 13.4. The average Bonchev–Trinajstić information content (AvgIpc) is 3.26. The molecule has 4 heteroatoms. The van der Waals surface area contributed by atoms with Crippen LogP contribution < -0.4 is 15.9 Å². The van der Waals surface area contributed by atoms with Gasteiger partial charge >= 0.3 is 200 Å². The molecule has 0 spiro atoms. The number of rotatable bonds is 6. The SMILES string of the molecule is Cc1oc(-c2ccccc2)nc1CP(Cl)(c1ccccc1)(c1ccccc1)c1ccccc1. The Morgan fingerprint density at radius 3 is 1.45 bits per heavy atom. The van der Waals surface area contributed by atoms with E-state index >= 15 is 0 Å². The maximum atomic E-state index is 8.18. The Kier molecular flexibility index (Phi) is 5.66. The normalized spacial score (nSPS) is 12.7. The predicted molar refractivity (Wildman–Crippen MR) is 141 cm³/mol. The molecule has 0 amide bonds. The molecule has 0 aliphatic carbocycles. The van der Waals surface area contributed by atoms with Crippen LogP contribution in [0.1, 0.15) is 11.5 Å². The molecule has 0 N–H and O–H groups in total. The molecular formula is C29H25ClNOP. The summed E-state index contributed by atoms with van der Waals surface area (Å²) in [4.78, 5) is 4.97. The first-order valence-corrected chi connectivity index (χ1v) is 14.3. The first-order chi connectivity index (χ1) is 16.1. The number of halogens is 1. The number of benzene rings is 4. The summed E-state index contributed by atoms with van der Waals surface area (Å²) in [5, 5.41) is 3.35. The van der Waals surface area contributed by atoms with E-state index in [4.69, 9.17) is 20.6 Å². The minimum atomic E-state index is -3.45. The van der Waals surface area contributed by atoms with Crippen molar-refractivity contribution in [1.29, 1.82) is 0 Å². The predicted octanol–water partition coefficient (Wildman–Crippen LogP) is 6.83. The molecule has 1 heterocycles. The Morgan fingerprint density at radius 2 is 1.03 bits per heavy atom. The topological polar surface area (TPSA) is 26.0 Å². The standard InChI is InChI=1S/C29H25ClNOP/c1-23-28(31-29(32-23)24-14-6-2-7-15-24)22-33(30,25-16-8-3-9-17-25,26-18-10-4-11-19-26)27-20-12-5-13-21-27/h2-21H,22H2,1H3. The second-order valence-electron chi connectivity index (χ2n) is 8.24. The van der Waals surface area contributed by atoms with E-state index < -0.39 is 5.96 Å². The molecule has 1 aromatic heterocycles. The molecule has 0 saturated heterocycles. The van der Waals surface area contributed by atoms with E-state index in [1.807, 2.05) is 55.5 Å². The van der Waals surface area contributed by atoms with Gasteiger partial charge in [0, 0.05) is 0 Å². The van der Waals surface area contributed by atoms with Gasteiger partial charge in [-0.1, -0.05) is 0 Å². The van der Waals surface area contributed by atoms with Crippen LogP contribution in [-0.4, -0.2) is 4.98 Å². The molecule has 0 bridgehead atoms. The van der Waals surface area contributed by atoms with E-state index in [9.17, 15) is 0 Å². The van der Waals surface area contributed by atoms with E-state index in [2.05, 4.69) is 72.8 Å².